The normalized spacial score (nSPS) is 37.6. The Kier molecular flexibility index (Phi) is 11.2. The second-order valence-electron chi connectivity index (χ2n) is 15.4. The standard InChI is InChI=1S/C35H58N4O5/c1-22-28-17-27(35(28,3)4)18-29(22)38-33(42)32-31(23(2)41)30(21-40)44-39(32)20-26-13-8-12-24(16-26)14-9-15-36-34(43)37-19-25-10-6-5-7-11-25/h22-32,40-41H,5-8,10-13,15-21H2,1-4H3,(H,38,42)(H2,36,37,43)/t22-,23-,24?,26?,27+,28-,29-,30-,31+,32-/m0/s1. The van der Waals surface area contributed by atoms with Crippen LogP contribution in [0, 0.1) is 58.7 Å². The number of hydroxylamine groups is 2. The lowest BCUT2D eigenvalue weighted by atomic mass is 9.45. The largest absolute Gasteiger partial charge is 0.394 e. The molecule has 0 aromatic heterocycles. The summed E-state index contributed by atoms with van der Waals surface area (Å²) in [6.45, 7) is 10.1. The van der Waals surface area contributed by atoms with Crippen molar-refractivity contribution in [1.82, 2.24) is 21.0 Å². The van der Waals surface area contributed by atoms with Crippen LogP contribution in [-0.4, -0.2) is 77.7 Å². The van der Waals surface area contributed by atoms with E-state index < -0.39 is 24.2 Å². The van der Waals surface area contributed by atoms with Gasteiger partial charge in [0.15, 0.2) is 0 Å². The van der Waals surface area contributed by atoms with Crippen LogP contribution in [0.3, 0.4) is 0 Å². The molecule has 9 heteroatoms. The summed E-state index contributed by atoms with van der Waals surface area (Å²) in [4.78, 5) is 32.3. The van der Waals surface area contributed by atoms with Gasteiger partial charge < -0.3 is 26.2 Å². The van der Waals surface area contributed by atoms with Gasteiger partial charge >= 0.3 is 6.03 Å². The minimum atomic E-state index is -0.790. The van der Waals surface area contributed by atoms with Gasteiger partial charge in [-0.3, -0.25) is 9.63 Å². The van der Waals surface area contributed by atoms with Crippen LogP contribution in [0.4, 0.5) is 4.79 Å². The predicted octanol–water partition coefficient (Wildman–Crippen LogP) is 3.84. The molecule has 10 atom stereocenters. The summed E-state index contributed by atoms with van der Waals surface area (Å²) in [6, 6.07) is -0.661. The fourth-order valence-electron chi connectivity index (χ4n) is 9.36. The molecule has 5 aliphatic carbocycles. The number of nitrogens with zero attached hydrogens (tertiary/aromatic N) is 1. The molecule has 0 spiro atoms. The topological polar surface area (TPSA) is 123 Å². The number of carbonyl (C=O) groups excluding carboxylic acids is 2. The number of rotatable bonds is 9. The molecule has 1 heterocycles. The van der Waals surface area contributed by atoms with Gasteiger partial charge in [0, 0.05) is 31.0 Å². The van der Waals surface area contributed by atoms with Gasteiger partial charge in [0.2, 0.25) is 5.91 Å². The van der Waals surface area contributed by atoms with E-state index in [9.17, 15) is 19.8 Å². The minimum absolute atomic E-state index is 0.0946. The van der Waals surface area contributed by atoms with Crippen LogP contribution >= 0.6 is 0 Å². The number of carbonyl (C=O) groups is 2. The third-order valence-electron chi connectivity index (χ3n) is 12.2. The number of amides is 3. The Morgan fingerprint density at radius 2 is 1.77 bits per heavy atom. The number of fused-ring (bicyclic) bond motifs is 2. The van der Waals surface area contributed by atoms with E-state index in [2.05, 4.69) is 48.6 Å². The van der Waals surface area contributed by atoms with Gasteiger partial charge in [0.1, 0.15) is 12.1 Å². The fourth-order valence-corrected chi connectivity index (χ4v) is 9.36. The van der Waals surface area contributed by atoms with Gasteiger partial charge in [-0.2, -0.15) is 5.06 Å². The second-order valence-corrected chi connectivity index (χ2v) is 15.4. The Morgan fingerprint density at radius 3 is 2.45 bits per heavy atom. The zero-order chi connectivity index (χ0) is 31.4. The van der Waals surface area contributed by atoms with Crippen LogP contribution in [-0.2, 0) is 9.63 Å². The van der Waals surface area contributed by atoms with Crippen LogP contribution in [0.1, 0.15) is 98.3 Å². The Bertz CT molecular complexity index is 1050. The zero-order valence-electron chi connectivity index (χ0n) is 27.5. The van der Waals surface area contributed by atoms with Gasteiger partial charge in [0.05, 0.1) is 19.3 Å². The highest BCUT2D eigenvalue weighted by Crippen LogP contribution is 2.61. The van der Waals surface area contributed by atoms with Crippen LogP contribution in [0.15, 0.2) is 0 Å². The monoisotopic (exact) mass is 614 g/mol. The first-order chi connectivity index (χ1) is 21.1. The van der Waals surface area contributed by atoms with Crippen LogP contribution in [0.5, 0.6) is 0 Å². The van der Waals surface area contributed by atoms with Crippen LogP contribution in [0.25, 0.3) is 0 Å². The first kappa shape index (κ1) is 33.5. The summed E-state index contributed by atoms with van der Waals surface area (Å²) >= 11 is 0. The molecule has 5 saturated carbocycles. The Morgan fingerprint density at radius 1 is 1.02 bits per heavy atom. The van der Waals surface area contributed by atoms with E-state index in [1.54, 1.807) is 12.0 Å². The maximum absolute atomic E-state index is 13.9. The molecule has 6 rings (SSSR count). The quantitative estimate of drug-likeness (QED) is 0.252. The lowest BCUT2D eigenvalue weighted by Gasteiger charge is -2.62. The molecule has 1 aliphatic heterocycles. The van der Waals surface area contributed by atoms with Gasteiger partial charge in [0.25, 0.3) is 0 Å². The number of aliphatic hydroxyl groups excluding tert-OH is 2. The molecule has 44 heavy (non-hydrogen) atoms. The lowest BCUT2D eigenvalue weighted by molar-refractivity contribution is -0.184. The first-order valence-electron chi connectivity index (χ1n) is 17.6. The van der Waals surface area contributed by atoms with Gasteiger partial charge in [-0.1, -0.05) is 58.3 Å². The Hall–Kier alpha value is -1.86. The smallest absolute Gasteiger partial charge is 0.315 e. The number of hydrogen-bond donors (Lipinski definition) is 5. The maximum atomic E-state index is 13.9. The van der Waals surface area contributed by atoms with Crippen molar-refractivity contribution in [2.45, 2.75) is 123 Å². The third kappa shape index (κ3) is 7.57. The van der Waals surface area contributed by atoms with Gasteiger partial charge in [-0.15, -0.1) is 0 Å². The highest BCUT2D eigenvalue weighted by molar-refractivity contribution is 5.82. The number of aliphatic hydroxyl groups is 2. The number of nitrogens with one attached hydrogen (secondary N) is 3. The van der Waals surface area contributed by atoms with E-state index in [4.69, 9.17) is 4.84 Å². The first-order valence-corrected chi connectivity index (χ1v) is 17.6. The van der Waals surface area contributed by atoms with Gasteiger partial charge in [-0.25, -0.2) is 4.79 Å². The van der Waals surface area contributed by atoms with E-state index in [-0.39, 0.29) is 30.5 Å². The second kappa shape index (κ2) is 14.7. The Balaban J connectivity index is 1.13. The zero-order valence-corrected chi connectivity index (χ0v) is 27.5. The number of urea groups is 1. The van der Waals surface area contributed by atoms with Crippen molar-refractivity contribution in [3.63, 3.8) is 0 Å². The van der Waals surface area contributed by atoms with E-state index >= 15 is 0 Å². The van der Waals surface area contributed by atoms with Crippen molar-refractivity contribution in [2.24, 2.45) is 46.8 Å². The molecular weight excluding hydrogens is 556 g/mol. The summed E-state index contributed by atoms with van der Waals surface area (Å²) < 4.78 is 0. The summed E-state index contributed by atoms with van der Waals surface area (Å²) in [5, 5.41) is 31.9. The molecular formula is C35H58N4O5. The highest BCUT2D eigenvalue weighted by Gasteiger charge is 2.57. The maximum Gasteiger partial charge on any atom is 0.315 e. The van der Waals surface area contributed by atoms with Crippen molar-refractivity contribution < 1.29 is 24.6 Å². The van der Waals surface area contributed by atoms with E-state index in [0.29, 0.717) is 48.1 Å². The molecule has 6 aliphatic rings. The third-order valence-corrected chi connectivity index (χ3v) is 12.2. The van der Waals surface area contributed by atoms with Crippen molar-refractivity contribution in [2.75, 3.05) is 26.2 Å². The molecule has 2 bridgehead atoms. The molecule has 0 radical (unpaired) electrons. The molecule has 9 nitrogen and oxygen atoms in total. The SMILES string of the molecule is C[C@@H]1[C@@H](NC(=O)[C@@H]2[C@H]([C@H](C)O)[C@H](CO)ON2CC2CCCC(C#CCNC(=O)NCC3CCCCC3)C2)C[C@H]2C[C@@H]1C2(C)C. The number of hydrogen-bond acceptors (Lipinski definition) is 6. The molecule has 248 valence electrons. The molecule has 3 amide bonds. The highest BCUT2D eigenvalue weighted by atomic mass is 16.7. The van der Waals surface area contributed by atoms with Gasteiger partial charge in [-0.05, 0) is 86.9 Å². The summed E-state index contributed by atoms with van der Waals surface area (Å²) in [7, 11) is 0. The Labute approximate surface area is 265 Å². The summed E-state index contributed by atoms with van der Waals surface area (Å²) in [5.74, 6) is 8.73. The van der Waals surface area contributed by atoms with E-state index in [1.807, 2.05) is 0 Å². The average molecular weight is 615 g/mol. The molecule has 2 unspecified atom stereocenters. The predicted molar refractivity (Wildman–Crippen MR) is 170 cm³/mol. The molecule has 0 aromatic carbocycles. The fraction of sp³-hybridized carbons (Fsp3) is 0.886. The van der Waals surface area contributed by atoms with E-state index in [1.165, 1.54) is 38.5 Å². The van der Waals surface area contributed by atoms with Crippen molar-refractivity contribution in [1.29, 1.82) is 0 Å². The minimum Gasteiger partial charge on any atom is -0.394 e. The van der Waals surface area contributed by atoms with Crippen molar-refractivity contribution in [3.8, 4) is 11.8 Å². The van der Waals surface area contributed by atoms with Crippen LogP contribution in [0.2, 0.25) is 0 Å². The molecule has 0 aromatic rings. The van der Waals surface area contributed by atoms with Crippen molar-refractivity contribution in [3.05, 3.63) is 0 Å². The van der Waals surface area contributed by atoms with Crippen LogP contribution < -0.4 is 16.0 Å². The summed E-state index contributed by atoms with van der Waals surface area (Å²) in [6.07, 6.45) is 11.1. The van der Waals surface area contributed by atoms with E-state index in [0.717, 1.165) is 38.6 Å². The molecule has 5 N–H and O–H groups in total. The molecule has 1 saturated heterocycles. The average Bonchev–Trinajstić information content (AvgIpc) is 3.38. The lowest BCUT2D eigenvalue weighted by Crippen LogP contribution is -2.62. The van der Waals surface area contributed by atoms with Crippen molar-refractivity contribution >= 4 is 11.9 Å². The summed E-state index contributed by atoms with van der Waals surface area (Å²) in [5.41, 5.74) is 0.338. The molecule has 6 fully saturated rings.